The van der Waals surface area contributed by atoms with Gasteiger partial charge in [-0.05, 0) is 23.8 Å². The van der Waals surface area contributed by atoms with Crippen molar-refractivity contribution >= 4 is 17.3 Å². The van der Waals surface area contributed by atoms with Crippen LogP contribution < -0.4 is 11.1 Å². The number of carbonyl (C=O) groups is 1. The van der Waals surface area contributed by atoms with Crippen LogP contribution in [0.15, 0.2) is 18.2 Å². The molecule has 1 rings (SSSR count). The van der Waals surface area contributed by atoms with Gasteiger partial charge in [-0.2, -0.15) is 5.26 Å². The number of nitrogens with one attached hydrogen (secondary N) is 1. The highest BCUT2D eigenvalue weighted by atomic mass is 16.5. The topological polar surface area (TPSA) is 88.1 Å². The van der Waals surface area contributed by atoms with Crippen molar-refractivity contribution in [3.8, 4) is 6.07 Å². The second kappa shape index (κ2) is 5.61. The van der Waals surface area contributed by atoms with Crippen LogP contribution in [0.25, 0.3) is 0 Å². The Kier molecular flexibility index (Phi) is 4.16. The largest absolute Gasteiger partial charge is 0.468 e. The van der Waals surface area contributed by atoms with E-state index in [1.54, 1.807) is 18.2 Å². The Labute approximate surface area is 93.8 Å². The Bertz CT molecular complexity index is 424. The van der Waals surface area contributed by atoms with Crippen LogP contribution in [0.2, 0.25) is 0 Å². The summed E-state index contributed by atoms with van der Waals surface area (Å²) in [5.41, 5.74) is 7.75. The normalized spacial score (nSPS) is 9.25. The second-order valence-electron chi connectivity index (χ2n) is 3.18. The Morgan fingerprint density at radius 2 is 2.38 bits per heavy atom. The number of anilines is 2. The van der Waals surface area contributed by atoms with Crippen molar-refractivity contribution < 1.29 is 9.53 Å². The number of hydrogen-bond donors (Lipinski definition) is 2. The fraction of sp³-hybridized carbons (Fsp3) is 0.273. The molecular formula is C11H13N3O2. The van der Waals surface area contributed by atoms with Gasteiger partial charge in [-0.25, -0.2) is 0 Å². The van der Waals surface area contributed by atoms with Crippen molar-refractivity contribution in [3.63, 3.8) is 0 Å². The van der Waals surface area contributed by atoms with E-state index in [4.69, 9.17) is 11.0 Å². The molecule has 0 heterocycles. The molecule has 3 N–H and O–H groups in total. The van der Waals surface area contributed by atoms with E-state index < -0.39 is 0 Å². The summed E-state index contributed by atoms with van der Waals surface area (Å²) in [7, 11) is 1.33. The molecule has 0 fully saturated rings. The van der Waals surface area contributed by atoms with E-state index in [0.29, 0.717) is 5.69 Å². The minimum Gasteiger partial charge on any atom is -0.468 e. The third kappa shape index (κ3) is 3.17. The molecule has 0 atom stereocenters. The van der Waals surface area contributed by atoms with Crippen molar-refractivity contribution in [2.24, 2.45) is 0 Å². The van der Waals surface area contributed by atoms with Crippen molar-refractivity contribution in [2.45, 2.75) is 6.42 Å². The highest BCUT2D eigenvalue weighted by molar-refractivity contribution is 5.75. The lowest BCUT2D eigenvalue weighted by Gasteiger charge is -2.08. The van der Waals surface area contributed by atoms with Gasteiger partial charge in [0.25, 0.3) is 0 Å². The molecule has 0 aromatic heterocycles. The number of hydrogen-bond acceptors (Lipinski definition) is 5. The van der Waals surface area contributed by atoms with Gasteiger partial charge >= 0.3 is 5.97 Å². The van der Waals surface area contributed by atoms with Crippen LogP contribution >= 0.6 is 0 Å². The number of nitrogens with two attached hydrogens (primary N) is 1. The number of nitriles is 1. The maximum Gasteiger partial charge on any atom is 0.325 e. The quantitative estimate of drug-likeness (QED) is 0.580. The zero-order valence-corrected chi connectivity index (χ0v) is 8.99. The summed E-state index contributed by atoms with van der Waals surface area (Å²) >= 11 is 0. The van der Waals surface area contributed by atoms with Crippen LogP contribution in [-0.2, 0) is 16.0 Å². The van der Waals surface area contributed by atoms with Gasteiger partial charge in [-0.1, -0.05) is 0 Å². The second-order valence-corrected chi connectivity index (χ2v) is 3.18. The van der Waals surface area contributed by atoms with Crippen LogP contribution in [-0.4, -0.2) is 19.6 Å². The zero-order chi connectivity index (χ0) is 12.0. The van der Waals surface area contributed by atoms with Crippen molar-refractivity contribution in [2.75, 3.05) is 24.7 Å². The summed E-state index contributed by atoms with van der Waals surface area (Å²) in [4.78, 5) is 10.9. The first-order valence-corrected chi connectivity index (χ1v) is 4.73. The number of nitrogens with zero attached hydrogens (tertiary/aromatic N) is 1. The van der Waals surface area contributed by atoms with E-state index in [-0.39, 0.29) is 18.9 Å². The maximum absolute atomic E-state index is 10.9. The molecule has 0 spiro atoms. The van der Waals surface area contributed by atoms with Crippen LogP contribution in [0, 0.1) is 11.3 Å². The Balaban J connectivity index is 2.71. The van der Waals surface area contributed by atoms with Crippen LogP contribution in [0.3, 0.4) is 0 Å². The van der Waals surface area contributed by atoms with Gasteiger partial charge < -0.3 is 15.8 Å². The van der Waals surface area contributed by atoms with E-state index >= 15 is 0 Å². The molecule has 84 valence electrons. The lowest BCUT2D eigenvalue weighted by Crippen LogP contribution is -2.15. The SMILES string of the molecule is COC(=O)CNc1ccc(N)c(CC#N)c1. The van der Waals surface area contributed by atoms with E-state index in [1.807, 2.05) is 6.07 Å². The number of ether oxygens (including phenoxy) is 1. The predicted octanol–water partition coefficient (Wildman–Crippen LogP) is 0.920. The molecule has 5 nitrogen and oxygen atoms in total. The number of rotatable bonds is 4. The lowest BCUT2D eigenvalue weighted by atomic mass is 10.1. The van der Waals surface area contributed by atoms with Crippen LogP contribution in [0.1, 0.15) is 5.56 Å². The molecule has 0 saturated carbocycles. The average Bonchev–Trinajstić information content (AvgIpc) is 2.30. The lowest BCUT2D eigenvalue weighted by molar-refractivity contribution is -0.138. The minimum atomic E-state index is -0.348. The molecular weight excluding hydrogens is 206 g/mol. The molecule has 1 aromatic rings. The van der Waals surface area contributed by atoms with E-state index in [1.165, 1.54) is 7.11 Å². The third-order valence-corrected chi connectivity index (χ3v) is 2.08. The van der Waals surface area contributed by atoms with Gasteiger partial charge in [0, 0.05) is 11.4 Å². The summed E-state index contributed by atoms with van der Waals surface area (Å²) in [5.74, 6) is -0.348. The van der Waals surface area contributed by atoms with Gasteiger partial charge in [0.2, 0.25) is 0 Å². The highest BCUT2D eigenvalue weighted by Gasteiger charge is 2.03. The average molecular weight is 219 g/mol. The summed E-state index contributed by atoms with van der Waals surface area (Å²) < 4.78 is 4.49. The van der Waals surface area contributed by atoms with E-state index in [9.17, 15) is 4.79 Å². The van der Waals surface area contributed by atoms with E-state index in [0.717, 1.165) is 11.3 Å². The van der Waals surface area contributed by atoms with Crippen molar-refractivity contribution in [1.29, 1.82) is 5.26 Å². The fourth-order valence-electron chi connectivity index (χ4n) is 1.20. The molecule has 0 aliphatic rings. The highest BCUT2D eigenvalue weighted by Crippen LogP contribution is 2.17. The number of benzene rings is 1. The van der Waals surface area contributed by atoms with Crippen LogP contribution in [0.5, 0.6) is 0 Å². The number of nitrogen functional groups attached to an aromatic ring is 1. The smallest absolute Gasteiger partial charge is 0.325 e. The van der Waals surface area contributed by atoms with Gasteiger partial charge in [0.15, 0.2) is 0 Å². The molecule has 1 aromatic carbocycles. The molecule has 0 bridgehead atoms. The maximum atomic E-state index is 10.9. The predicted molar refractivity (Wildman–Crippen MR) is 60.7 cm³/mol. The van der Waals surface area contributed by atoms with Gasteiger partial charge in [0.05, 0.1) is 19.6 Å². The summed E-state index contributed by atoms with van der Waals surface area (Å²) in [5, 5.41) is 11.5. The standard InChI is InChI=1S/C11H13N3O2/c1-16-11(15)7-14-9-2-3-10(13)8(6-9)4-5-12/h2-3,6,14H,4,7,13H2,1H3. The first-order chi connectivity index (χ1) is 7.67. The molecule has 0 aliphatic heterocycles. The molecule has 0 radical (unpaired) electrons. The van der Waals surface area contributed by atoms with E-state index in [2.05, 4.69) is 10.1 Å². The number of methoxy groups -OCH3 is 1. The monoisotopic (exact) mass is 219 g/mol. The Morgan fingerprint density at radius 3 is 3.00 bits per heavy atom. The van der Waals surface area contributed by atoms with Gasteiger partial charge in [-0.3, -0.25) is 4.79 Å². The zero-order valence-electron chi connectivity index (χ0n) is 8.99. The molecule has 0 aliphatic carbocycles. The molecule has 5 heteroatoms. The Morgan fingerprint density at radius 1 is 1.62 bits per heavy atom. The van der Waals surface area contributed by atoms with Crippen LogP contribution in [0.4, 0.5) is 11.4 Å². The van der Waals surface area contributed by atoms with Gasteiger partial charge in [-0.15, -0.1) is 0 Å². The third-order valence-electron chi connectivity index (χ3n) is 2.08. The molecule has 0 saturated heterocycles. The summed E-state index contributed by atoms with van der Waals surface area (Å²) in [6, 6.07) is 7.23. The number of carbonyl (C=O) groups excluding carboxylic acids is 1. The Hall–Kier alpha value is -2.22. The molecule has 0 amide bonds. The van der Waals surface area contributed by atoms with Crippen molar-refractivity contribution in [3.05, 3.63) is 23.8 Å². The number of esters is 1. The minimum absolute atomic E-state index is 0.0897. The van der Waals surface area contributed by atoms with Crippen molar-refractivity contribution in [1.82, 2.24) is 0 Å². The molecule has 16 heavy (non-hydrogen) atoms. The van der Waals surface area contributed by atoms with Gasteiger partial charge in [0.1, 0.15) is 6.54 Å². The molecule has 0 unspecified atom stereocenters. The first kappa shape index (κ1) is 11.9. The summed E-state index contributed by atoms with van der Waals surface area (Å²) in [6.07, 6.45) is 0.250. The fourth-order valence-corrected chi connectivity index (χ4v) is 1.20. The summed E-state index contributed by atoms with van der Waals surface area (Å²) in [6.45, 7) is 0.0897. The first-order valence-electron chi connectivity index (χ1n) is 4.73.